The Kier molecular flexibility index (Phi) is 5.07. The van der Waals surface area contributed by atoms with Gasteiger partial charge < -0.3 is 10.2 Å². The number of amides is 2. The normalized spacial score (nSPS) is 15.0. The molecule has 25 heavy (non-hydrogen) atoms. The molecule has 130 valence electrons. The van der Waals surface area contributed by atoms with Crippen LogP contribution in [0.1, 0.15) is 28.8 Å². The van der Waals surface area contributed by atoms with Crippen molar-refractivity contribution < 1.29 is 14.0 Å². The van der Waals surface area contributed by atoms with Gasteiger partial charge in [0.15, 0.2) is 0 Å². The van der Waals surface area contributed by atoms with E-state index in [0.717, 1.165) is 5.56 Å². The number of benzene rings is 1. The summed E-state index contributed by atoms with van der Waals surface area (Å²) in [4.78, 5) is 30.5. The zero-order chi connectivity index (χ0) is 17.8. The lowest BCUT2D eigenvalue weighted by Gasteiger charge is -2.31. The highest BCUT2D eigenvalue weighted by molar-refractivity contribution is 5.95. The van der Waals surface area contributed by atoms with Gasteiger partial charge in [-0.1, -0.05) is 12.1 Å². The molecule has 1 aliphatic rings. The van der Waals surface area contributed by atoms with Gasteiger partial charge >= 0.3 is 0 Å². The lowest BCUT2D eigenvalue weighted by atomic mass is 9.95. The molecule has 0 radical (unpaired) electrons. The van der Waals surface area contributed by atoms with Gasteiger partial charge in [0, 0.05) is 25.2 Å². The molecule has 1 saturated heterocycles. The number of rotatable bonds is 3. The number of aryl methyl sites for hydroxylation is 1. The van der Waals surface area contributed by atoms with Crippen molar-refractivity contribution in [1.82, 2.24) is 9.88 Å². The fraction of sp³-hybridized carbons (Fsp3) is 0.316. The molecule has 1 aromatic carbocycles. The molecule has 0 bridgehead atoms. The third-order valence-corrected chi connectivity index (χ3v) is 4.42. The first kappa shape index (κ1) is 17.1. The van der Waals surface area contributed by atoms with Crippen molar-refractivity contribution in [3.05, 3.63) is 59.5 Å². The SMILES string of the molecule is Cc1ccnc(NC(=O)C2CCN(C(=O)c3ccccc3F)CC2)c1. The minimum Gasteiger partial charge on any atom is -0.339 e. The zero-order valence-electron chi connectivity index (χ0n) is 14.0. The van der Waals surface area contributed by atoms with Gasteiger partial charge in [-0.2, -0.15) is 0 Å². The van der Waals surface area contributed by atoms with Crippen molar-refractivity contribution in [2.24, 2.45) is 5.92 Å². The number of anilines is 1. The number of hydrogen-bond acceptors (Lipinski definition) is 3. The van der Waals surface area contributed by atoms with E-state index in [1.165, 1.54) is 12.1 Å². The molecule has 3 rings (SSSR count). The average molecular weight is 341 g/mol. The highest BCUT2D eigenvalue weighted by Crippen LogP contribution is 2.21. The number of piperidine rings is 1. The summed E-state index contributed by atoms with van der Waals surface area (Å²) in [6, 6.07) is 9.65. The molecule has 2 aromatic rings. The molecular formula is C19H20FN3O2. The maximum Gasteiger partial charge on any atom is 0.256 e. The van der Waals surface area contributed by atoms with E-state index in [1.807, 2.05) is 19.1 Å². The van der Waals surface area contributed by atoms with Crippen LogP contribution in [0, 0.1) is 18.7 Å². The van der Waals surface area contributed by atoms with Gasteiger partial charge in [-0.25, -0.2) is 9.37 Å². The van der Waals surface area contributed by atoms with Crippen molar-refractivity contribution in [3.63, 3.8) is 0 Å². The van der Waals surface area contributed by atoms with E-state index in [1.54, 1.807) is 23.2 Å². The maximum absolute atomic E-state index is 13.8. The zero-order valence-corrected chi connectivity index (χ0v) is 14.0. The number of halogens is 1. The Morgan fingerprint density at radius 2 is 1.92 bits per heavy atom. The van der Waals surface area contributed by atoms with E-state index in [9.17, 15) is 14.0 Å². The summed E-state index contributed by atoms with van der Waals surface area (Å²) in [6.07, 6.45) is 2.76. The van der Waals surface area contributed by atoms with E-state index in [-0.39, 0.29) is 23.3 Å². The Morgan fingerprint density at radius 1 is 1.20 bits per heavy atom. The Morgan fingerprint density at radius 3 is 2.60 bits per heavy atom. The van der Waals surface area contributed by atoms with Gasteiger partial charge in [0.25, 0.3) is 5.91 Å². The lowest BCUT2D eigenvalue weighted by molar-refractivity contribution is -0.121. The molecule has 0 unspecified atom stereocenters. The summed E-state index contributed by atoms with van der Waals surface area (Å²) in [6.45, 7) is 2.81. The molecule has 1 aliphatic heterocycles. The number of nitrogens with one attached hydrogen (secondary N) is 1. The standard InChI is InChI=1S/C19H20FN3O2/c1-13-6-9-21-17(12-13)22-18(24)14-7-10-23(11-8-14)19(25)15-4-2-3-5-16(15)20/h2-6,9,12,14H,7-8,10-11H2,1H3,(H,21,22,24). The van der Waals surface area contributed by atoms with Crippen LogP contribution in [0.3, 0.4) is 0 Å². The van der Waals surface area contributed by atoms with Gasteiger partial charge in [0.1, 0.15) is 11.6 Å². The number of carbonyl (C=O) groups is 2. The van der Waals surface area contributed by atoms with E-state index >= 15 is 0 Å². The molecule has 2 amide bonds. The summed E-state index contributed by atoms with van der Waals surface area (Å²) < 4.78 is 13.8. The van der Waals surface area contributed by atoms with Crippen LogP contribution in [0.2, 0.25) is 0 Å². The second-order valence-electron chi connectivity index (χ2n) is 6.25. The lowest BCUT2D eigenvalue weighted by Crippen LogP contribution is -2.41. The number of hydrogen-bond donors (Lipinski definition) is 1. The molecule has 0 atom stereocenters. The monoisotopic (exact) mass is 341 g/mol. The predicted octanol–water partition coefficient (Wildman–Crippen LogP) is 3.02. The topological polar surface area (TPSA) is 62.3 Å². The molecule has 0 spiro atoms. The predicted molar refractivity (Wildman–Crippen MR) is 92.6 cm³/mol. The van der Waals surface area contributed by atoms with Crippen molar-refractivity contribution in [3.8, 4) is 0 Å². The molecule has 2 heterocycles. The van der Waals surface area contributed by atoms with E-state index in [0.29, 0.717) is 31.7 Å². The summed E-state index contributed by atoms with van der Waals surface area (Å²) >= 11 is 0. The number of nitrogens with zero attached hydrogens (tertiary/aromatic N) is 2. The Bertz CT molecular complexity index is 786. The van der Waals surface area contributed by atoms with Crippen LogP contribution in [-0.4, -0.2) is 34.8 Å². The second kappa shape index (κ2) is 7.42. The average Bonchev–Trinajstić information content (AvgIpc) is 2.62. The summed E-state index contributed by atoms with van der Waals surface area (Å²) in [5.41, 5.74) is 1.10. The highest BCUT2D eigenvalue weighted by atomic mass is 19.1. The van der Waals surface area contributed by atoms with Crippen molar-refractivity contribution >= 4 is 17.6 Å². The first-order valence-electron chi connectivity index (χ1n) is 8.32. The third-order valence-electron chi connectivity index (χ3n) is 4.42. The van der Waals surface area contributed by atoms with E-state index in [2.05, 4.69) is 10.3 Å². The molecule has 1 aromatic heterocycles. The molecule has 0 saturated carbocycles. The van der Waals surface area contributed by atoms with Crippen molar-refractivity contribution in [2.75, 3.05) is 18.4 Å². The Balaban J connectivity index is 1.57. The van der Waals surface area contributed by atoms with E-state index in [4.69, 9.17) is 0 Å². The first-order valence-corrected chi connectivity index (χ1v) is 8.32. The van der Waals surface area contributed by atoms with Crippen LogP contribution < -0.4 is 5.32 Å². The minimum atomic E-state index is -0.516. The van der Waals surface area contributed by atoms with Crippen molar-refractivity contribution in [2.45, 2.75) is 19.8 Å². The van der Waals surface area contributed by atoms with Gasteiger partial charge in [-0.3, -0.25) is 9.59 Å². The molecule has 1 fully saturated rings. The van der Waals surface area contributed by atoms with Crippen LogP contribution in [0.5, 0.6) is 0 Å². The molecule has 1 N–H and O–H groups in total. The molecule has 0 aliphatic carbocycles. The van der Waals surface area contributed by atoms with Crippen LogP contribution in [0.25, 0.3) is 0 Å². The highest BCUT2D eigenvalue weighted by Gasteiger charge is 2.28. The van der Waals surface area contributed by atoms with Gasteiger partial charge in [-0.05, 0) is 49.6 Å². The minimum absolute atomic E-state index is 0.0781. The molecular weight excluding hydrogens is 321 g/mol. The van der Waals surface area contributed by atoms with Gasteiger partial charge in [0.2, 0.25) is 5.91 Å². The number of likely N-dealkylation sites (tertiary alicyclic amines) is 1. The smallest absolute Gasteiger partial charge is 0.256 e. The number of carbonyl (C=O) groups excluding carboxylic acids is 2. The van der Waals surface area contributed by atoms with Crippen LogP contribution in [0.15, 0.2) is 42.6 Å². The van der Waals surface area contributed by atoms with Crippen LogP contribution in [0.4, 0.5) is 10.2 Å². The van der Waals surface area contributed by atoms with Crippen LogP contribution >= 0.6 is 0 Å². The third kappa shape index (κ3) is 4.02. The van der Waals surface area contributed by atoms with Crippen LogP contribution in [-0.2, 0) is 4.79 Å². The fourth-order valence-corrected chi connectivity index (χ4v) is 2.98. The van der Waals surface area contributed by atoms with Gasteiger partial charge in [0.05, 0.1) is 5.56 Å². The quantitative estimate of drug-likeness (QED) is 0.933. The van der Waals surface area contributed by atoms with Crippen molar-refractivity contribution in [1.29, 1.82) is 0 Å². The maximum atomic E-state index is 13.8. The first-order chi connectivity index (χ1) is 12.0. The Hall–Kier alpha value is -2.76. The Labute approximate surface area is 145 Å². The number of pyridine rings is 1. The molecule has 5 nitrogen and oxygen atoms in total. The van der Waals surface area contributed by atoms with E-state index < -0.39 is 5.82 Å². The second-order valence-corrected chi connectivity index (χ2v) is 6.25. The summed E-state index contributed by atoms with van der Waals surface area (Å²) in [5.74, 6) is -0.562. The largest absolute Gasteiger partial charge is 0.339 e. The fourth-order valence-electron chi connectivity index (χ4n) is 2.98. The van der Waals surface area contributed by atoms with Gasteiger partial charge in [-0.15, -0.1) is 0 Å². The summed E-state index contributed by atoms with van der Waals surface area (Å²) in [7, 11) is 0. The number of aromatic nitrogens is 1. The summed E-state index contributed by atoms with van der Waals surface area (Å²) in [5, 5.41) is 2.82. The molecule has 6 heteroatoms.